The van der Waals surface area contributed by atoms with Crippen LogP contribution in [0.25, 0.3) is 0 Å². The van der Waals surface area contributed by atoms with Crippen LogP contribution in [0.5, 0.6) is 11.5 Å². The Labute approximate surface area is 220 Å². The molecule has 0 bridgehead atoms. The highest BCUT2D eigenvalue weighted by Crippen LogP contribution is 2.35. The summed E-state index contributed by atoms with van der Waals surface area (Å²) in [5, 5.41) is 5.72. The van der Waals surface area contributed by atoms with Crippen molar-refractivity contribution in [3.05, 3.63) is 79.7 Å². The summed E-state index contributed by atoms with van der Waals surface area (Å²) in [6, 6.07) is 15.1. The zero-order chi connectivity index (χ0) is 24.1. The van der Waals surface area contributed by atoms with Crippen molar-refractivity contribution in [3.63, 3.8) is 0 Å². The molecule has 3 aromatic rings. The maximum atomic E-state index is 6.59. The second kappa shape index (κ2) is 11.6. The Hall–Kier alpha value is -1.98. The smallest absolute Gasteiger partial charge is 0.163 e. The van der Waals surface area contributed by atoms with Gasteiger partial charge in [-0.2, -0.15) is 0 Å². The summed E-state index contributed by atoms with van der Waals surface area (Å²) in [6.45, 7) is 2.94. The number of benzene rings is 3. The summed E-state index contributed by atoms with van der Waals surface area (Å²) in [5.41, 5.74) is 3.80. The molecule has 1 fully saturated rings. The molecular weight excluding hydrogens is 514 g/mol. The number of piperidine rings is 1. The summed E-state index contributed by atoms with van der Waals surface area (Å²) in [4.78, 5) is 2.36. The summed E-state index contributed by atoms with van der Waals surface area (Å²) in [5.74, 6) is 1.15. The fraction of sp³-hybridized carbons (Fsp3) is 0.308. The normalized spacial score (nSPS) is 13.6. The van der Waals surface area contributed by atoms with Crippen molar-refractivity contribution < 1.29 is 9.47 Å². The molecule has 1 heterocycles. The van der Waals surface area contributed by atoms with Crippen LogP contribution in [0.4, 0.5) is 11.4 Å². The SMILES string of the molecule is COc1cc(CNc2ccc(N3CCCCC3)c(Cl)c2)c(Cl)cc1OCc1ccc(Cl)c(Cl)c1. The van der Waals surface area contributed by atoms with Gasteiger partial charge in [0.2, 0.25) is 0 Å². The Kier molecular flexibility index (Phi) is 8.60. The van der Waals surface area contributed by atoms with Crippen LogP contribution in [0.1, 0.15) is 30.4 Å². The first kappa shape index (κ1) is 25.1. The van der Waals surface area contributed by atoms with E-state index in [-0.39, 0.29) is 0 Å². The van der Waals surface area contributed by atoms with E-state index < -0.39 is 0 Å². The van der Waals surface area contributed by atoms with E-state index >= 15 is 0 Å². The molecule has 180 valence electrons. The fourth-order valence-corrected chi connectivity index (χ4v) is 4.82. The molecule has 0 radical (unpaired) electrons. The van der Waals surface area contributed by atoms with Crippen molar-refractivity contribution in [2.24, 2.45) is 0 Å². The van der Waals surface area contributed by atoms with Gasteiger partial charge in [0.1, 0.15) is 6.61 Å². The Balaban J connectivity index is 1.42. The van der Waals surface area contributed by atoms with E-state index in [1.165, 1.54) is 19.3 Å². The van der Waals surface area contributed by atoms with Crippen molar-refractivity contribution in [1.29, 1.82) is 0 Å². The molecule has 0 unspecified atom stereocenters. The number of methoxy groups -OCH3 is 1. The molecule has 3 aromatic carbocycles. The molecule has 0 aliphatic carbocycles. The lowest BCUT2D eigenvalue weighted by atomic mass is 10.1. The molecule has 1 saturated heterocycles. The number of hydrogen-bond acceptors (Lipinski definition) is 4. The minimum absolute atomic E-state index is 0.309. The van der Waals surface area contributed by atoms with Gasteiger partial charge >= 0.3 is 0 Å². The standard InChI is InChI=1S/C26H26Cl4N2O2/c1-33-25-12-18(21(28)14-26(25)34-16-17-5-7-20(27)22(29)11-17)15-31-19-6-8-24(23(30)13-19)32-9-3-2-4-10-32/h5-8,11-14,31H,2-4,9-10,15-16H2,1H3. The number of hydrogen-bond donors (Lipinski definition) is 1. The van der Waals surface area contributed by atoms with Crippen LogP contribution in [0.2, 0.25) is 20.1 Å². The third-order valence-corrected chi connectivity index (χ3v) is 7.23. The average Bonchev–Trinajstić information content (AvgIpc) is 2.84. The van der Waals surface area contributed by atoms with Crippen LogP contribution in [-0.2, 0) is 13.2 Å². The van der Waals surface area contributed by atoms with E-state index in [9.17, 15) is 0 Å². The van der Waals surface area contributed by atoms with Gasteiger partial charge in [0.15, 0.2) is 11.5 Å². The molecule has 0 amide bonds. The van der Waals surface area contributed by atoms with E-state index in [4.69, 9.17) is 55.9 Å². The van der Waals surface area contributed by atoms with Crippen LogP contribution in [0.3, 0.4) is 0 Å². The Bertz CT molecular complexity index is 1150. The van der Waals surface area contributed by atoms with Gasteiger partial charge in [-0.3, -0.25) is 0 Å². The maximum absolute atomic E-state index is 6.59. The highest BCUT2D eigenvalue weighted by molar-refractivity contribution is 6.42. The minimum atomic E-state index is 0.309. The van der Waals surface area contributed by atoms with Crippen LogP contribution in [0.15, 0.2) is 48.5 Å². The zero-order valence-corrected chi connectivity index (χ0v) is 21.9. The quantitative estimate of drug-likeness (QED) is 0.311. The lowest BCUT2D eigenvalue weighted by Crippen LogP contribution is -2.29. The van der Waals surface area contributed by atoms with E-state index in [1.807, 2.05) is 18.2 Å². The molecule has 4 rings (SSSR count). The van der Waals surface area contributed by atoms with E-state index in [0.29, 0.717) is 39.7 Å². The van der Waals surface area contributed by atoms with Crippen molar-refractivity contribution in [1.82, 2.24) is 0 Å². The molecule has 1 aliphatic rings. The van der Waals surface area contributed by atoms with Gasteiger partial charge in [0, 0.05) is 36.4 Å². The van der Waals surface area contributed by atoms with E-state index in [1.54, 1.807) is 25.3 Å². The number of anilines is 2. The van der Waals surface area contributed by atoms with Gasteiger partial charge in [-0.1, -0.05) is 52.5 Å². The molecule has 4 nitrogen and oxygen atoms in total. The minimum Gasteiger partial charge on any atom is -0.493 e. The van der Waals surface area contributed by atoms with Gasteiger partial charge in [-0.25, -0.2) is 0 Å². The first-order valence-electron chi connectivity index (χ1n) is 11.2. The summed E-state index contributed by atoms with van der Waals surface area (Å²) in [7, 11) is 1.60. The van der Waals surface area contributed by atoms with Gasteiger partial charge in [-0.05, 0) is 66.8 Å². The fourth-order valence-electron chi connectivity index (χ4n) is 3.98. The van der Waals surface area contributed by atoms with Gasteiger partial charge in [0.05, 0.1) is 27.9 Å². The zero-order valence-electron chi connectivity index (χ0n) is 18.8. The largest absolute Gasteiger partial charge is 0.493 e. The topological polar surface area (TPSA) is 33.7 Å². The summed E-state index contributed by atoms with van der Waals surface area (Å²) >= 11 is 25.2. The van der Waals surface area contributed by atoms with Gasteiger partial charge < -0.3 is 19.7 Å². The third kappa shape index (κ3) is 6.17. The molecule has 1 N–H and O–H groups in total. The second-order valence-electron chi connectivity index (χ2n) is 8.20. The van der Waals surface area contributed by atoms with Crippen LogP contribution in [-0.4, -0.2) is 20.2 Å². The molecule has 0 saturated carbocycles. The molecule has 0 atom stereocenters. The Morgan fingerprint density at radius 3 is 2.29 bits per heavy atom. The van der Waals surface area contributed by atoms with Crippen molar-refractivity contribution >= 4 is 57.8 Å². The summed E-state index contributed by atoms with van der Waals surface area (Å²) < 4.78 is 11.5. The Morgan fingerprint density at radius 1 is 0.794 bits per heavy atom. The highest BCUT2D eigenvalue weighted by Gasteiger charge is 2.15. The number of nitrogens with one attached hydrogen (secondary N) is 1. The Morgan fingerprint density at radius 2 is 1.59 bits per heavy atom. The number of rotatable bonds is 8. The lowest BCUT2D eigenvalue weighted by Gasteiger charge is -2.29. The number of nitrogens with zero attached hydrogens (tertiary/aromatic N) is 1. The van der Waals surface area contributed by atoms with Crippen molar-refractivity contribution in [3.8, 4) is 11.5 Å². The molecule has 0 aromatic heterocycles. The number of ether oxygens (including phenoxy) is 2. The molecule has 0 spiro atoms. The lowest BCUT2D eigenvalue weighted by molar-refractivity contribution is 0.284. The van der Waals surface area contributed by atoms with Crippen LogP contribution < -0.4 is 19.7 Å². The average molecular weight is 540 g/mol. The third-order valence-electron chi connectivity index (χ3n) is 5.84. The van der Waals surface area contributed by atoms with E-state index in [2.05, 4.69) is 22.3 Å². The summed E-state index contributed by atoms with van der Waals surface area (Å²) in [6.07, 6.45) is 3.71. The first-order chi connectivity index (χ1) is 16.4. The predicted octanol–water partition coefficient (Wildman–Crippen LogP) is 8.49. The molecular formula is C26H26Cl4N2O2. The van der Waals surface area contributed by atoms with Crippen molar-refractivity contribution in [2.75, 3.05) is 30.4 Å². The van der Waals surface area contributed by atoms with E-state index in [0.717, 1.165) is 40.6 Å². The highest BCUT2D eigenvalue weighted by atomic mass is 35.5. The number of halogens is 4. The molecule has 8 heteroatoms. The first-order valence-corrected chi connectivity index (χ1v) is 12.7. The van der Waals surface area contributed by atoms with Crippen molar-refractivity contribution in [2.45, 2.75) is 32.4 Å². The maximum Gasteiger partial charge on any atom is 0.163 e. The second-order valence-corrected chi connectivity index (χ2v) is 9.83. The molecule has 34 heavy (non-hydrogen) atoms. The monoisotopic (exact) mass is 538 g/mol. The van der Waals surface area contributed by atoms with Crippen LogP contribution >= 0.6 is 46.4 Å². The molecule has 1 aliphatic heterocycles. The van der Waals surface area contributed by atoms with Crippen LogP contribution in [0, 0.1) is 0 Å². The van der Waals surface area contributed by atoms with Gasteiger partial charge in [0.25, 0.3) is 0 Å². The predicted molar refractivity (Wildman–Crippen MR) is 144 cm³/mol. The van der Waals surface area contributed by atoms with Gasteiger partial charge in [-0.15, -0.1) is 0 Å².